The van der Waals surface area contributed by atoms with Crippen LogP contribution in [0.2, 0.25) is 5.02 Å². The predicted molar refractivity (Wildman–Crippen MR) is 197 cm³/mol. The van der Waals surface area contributed by atoms with Gasteiger partial charge in [-0.05, 0) is 71.7 Å². The lowest BCUT2D eigenvalue weighted by Crippen LogP contribution is -2.53. The van der Waals surface area contributed by atoms with Gasteiger partial charge in [-0.1, -0.05) is 102 Å². The summed E-state index contributed by atoms with van der Waals surface area (Å²) in [6.07, 6.45) is 2.33. The van der Waals surface area contributed by atoms with Gasteiger partial charge in [0, 0.05) is 21.9 Å². The Morgan fingerprint density at radius 3 is 2.26 bits per heavy atom. The minimum atomic E-state index is -1.60. The number of nitrogens with one attached hydrogen (secondary N) is 1. The number of allylic oxidation sites excluding steroid dienone is 2. The highest BCUT2D eigenvalue weighted by Crippen LogP contribution is 2.65. The first-order chi connectivity index (χ1) is 25.7. The third-order valence-corrected chi connectivity index (χ3v) is 12.0. The van der Waals surface area contributed by atoms with Crippen LogP contribution in [0.3, 0.4) is 0 Å². The summed E-state index contributed by atoms with van der Waals surface area (Å²) in [6.45, 7) is 0.132. The van der Waals surface area contributed by atoms with Gasteiger partial charge in [-0.15, -0.1) is 0 Å². The third kappa shape index (κ3) is 4.94. The van der Waals surface area contributed by atoms with Crippen LogP contribution in [0.15, 0.2) is 127 Å². The Bertz CT molecular complexity index is 2370. The average molecular weight is 726 g/mol. The monoisotopic (exact) mass is 725 g/mol. The molecule has 53 heavy (non-hydrogen) atoms. The van der Waals surface area contributed by atoms with Crippen LogP contribution in [-0.2, 0) is 31.1 Å². The fraction of sp³-hybridized carbons (Fsp3) is 0.209. The number of benzene rings is 5. The fourth-order valence-corrected chi connectivity index (χ4v) is 9.62. The molecule has 0 bridgehead atoms. The molecule has 2 heterocycles. The van der Waals surface area contributed by atoms with Crippen LogP contribution in [-0.4, -0.2) is 38.6 Å². The SMILES string of the molecule is O=C1[C@H]2[C@H](CC=C3[C@H]2C[C@H]2C(=O)N(Nc4ccc(F)cc4)C(=O)[C@@]2(c2ccc(Cl)cc2)[C@H]3c2ccc3ccccc3c2O)C(=O)N1Cc1ccccc1. The Morgan fingerprint density at radius 1 is 0.792 bits per heavy atom. The van der Waals surface area contributed by atoms with E-state index >= 15 is 4.79 Å². The van der Waals surface area contributed by atoms with Crippen LogP contribution < -0.4 is 5.43 Å². The minimum Gasteiger partial charge on any atom is -0.507 e. The Kier molecular flexibility index (Phi) is 7.74. The van der Waals surface area contributed by atoms with E-state index in [0.717, 1.165) is 21.5 Å². The summed E-state index contributed by atoms with van der Waals surface area (Å²) in [5, 5.41) is 14.9. The molecule has 5 aromatic carbocycles. The molecule has 0 aromatic heterocycles. The third-order valence-electron chi connectivity index (χ3n) is 11.8. The number of nitrogens with zero attached hydrogens (tertiary/aromatic N) is 2. The summed E-state index contributed by atoms with van der Waals surface area (Å²) in [4.78, 5) is 60.0. The van der Waals surface area contributed by atoms with E-state index in [9.17, 15) is 23.9 Å². The van der Waals surface area contributed by atoms with Crippen LogP contribution in [0.5, 0.6) is 5.75 Å². The second-order valence-electron chi connectivity index (χ2n) is 14.3. The van der Waals surface area contributed by atoms with Crippen molar-refractivity contribution in [2.45, 2.75) is 30.7 Å². The molecule has 6 atom stereocenters. The molecule has 4 amide bonds. The van der Waals surface area contributed by atoms with E-state index in [1.165, 1.54) is 29.2 Å². The first-order valence-electron chi connectivity index (χ1n) is 17.6. The lowest BCUT2D eigenvalue weighted by atomic mass is 9.49. The maximum atomic E-state index is 15.4. The quantitative estimate of drug-likeness (QED) is 0.139. The largest absolute Gasteiger partial charge is 0.507 e. The number of amides is 4. The summed E-state index contributed by atoms with van der Waals surface area (Å²) in [7, 11) is 0. The van der Waals surface area contributed by atoms with E-state index in [2.05, 4.69) is 5.43 Å². The number of anilines is 1. The van der Waals surface area contributed by atoms with Crippen LogP contribution in [0.25, 0.3) is 10.8 Å². The van der Waals surface area contributed by atoms with E-state index in [1.807, 2.05) is 60.7 Å². The van der Waals surface area contributed by atoms with Crippen molar-refractivity contribution in [3.8, 4) is 5.75 Å². The molecule has 0 radical (unpaired) electrons. The zero-order valence-corrected chi connectivity index (χ0v) is 29.0. The van der Waals surface area contributed by atoms with E-state index in [0.29, 0.717) is 27.2 Å². The van der Waals surface area contributed by atoms with Crippen molar-refractivity contribution in [2.24, 2.45) is 23.7 Å². The molecule has 9 rings (SSSR count). The second kappa shape index (κ2) is 12.4. The summed E-state index contributed by atoms with van der Waals surface area (Å²) in [5.41, 5.74) is 4.19. The molecule has 10 heteroatoms. The number of phenols is 1. The minimum absolute atomic E-state index is 0.0337. The number of hydrogen-bond acceptors (Lipinski definition) is 6. The van der Waals surface area contributed by atoms with Gasteiger partial charge in [-0.3, -0.25) is 29.5 Å². The molecular formula is C43H33ClFN3O5. The van der Waals surface area contributed by atoms with Crippen LogP contribution in [0, 0.1) is 29.5 Å². The van der Waals surface area contributed by atoms with Gasteiger partial charge in [0.15, 0.2) is 0 Å². The molecule has 4 aliphatic rings. The Balaban J connectivity index is 1.25. The van der Waals surface area contributed by atoms with Gasteiger partial charge >= 0.3 is 0 Å². The normalized spacial score (nSPS) is 26.4. The molecule has 2 aliphatic heterocycles. The molecule has 0 spiro atoms. The molecule has 0 unspecified atom stereocenters. The van der Waals surface area contributed by atoms with E-state index in [1.54, 1.807) is 36.4 Å². The Labute approximate surface area is 309 Å². The van der Waals surface area contributed by atoms with Crippen LogP contribution >= 0.6 is 11.6 Å². The van der Waals surface area contributed by atoms with Crippen molar-refractivity contribution in [1.82, 2.24) is 9.91 Å². The molecule has 264 valence electrons. The molecule has 5 aromatic rings. The fourth-order valence-electron chi connectivity index (χ4n) is 9.49. The van der Waals surface area contributed by atoms with Gasteiger partial charge < -0.3 is 5.11 Å². The van der Waals surface area contributed by atoms with Crippen molar-refractivity contribution in [2.75, 3.05) is 5.43 Å². The van der Waals surface area contributed by atoms with E-state index in [4.69, 9.17) is 11.6 Å². The van der Waals surface area contributed by atoms with Crippen molar-refractivity contribution < 1.29 is 28.7 Å². The number of fused-ring (bicyclic) bond motifs is 5. The lowest BCUT2D eigenvalue weighted by Gasteiger charge is -2.50. The van der Waals surface area contributed by atoms with Crippen molar-refractivity contribution in [1.29, 1.82) is 0 Å². The first-order valence-corrected chi connectivity index (χ1v) is 18.0. The highest BCUT2D eigenvalue weighted by atomic mass is 35.5. The Hall–Kier alpha value is -5.80. The number of carbonyl (C=O) groups excluding carboxylic acids is 4. The maximum absolute atomic E-state index is 15.4. The molecule has 8 nitrogen and oxygen atoms in total. The Morgan fingerprint density at radius 2 is 1.51 bits per heavy atom. The number of hydrazine groups is 1. The molecule has 2 N–H and O–H groups in total. The van der Waals surface area contributed by atoms with E-state index < -0.39 is 52.6 Å². The number of hydrogen-bond donors (Lipinski definition) is 2. The van der Waals surface area contributed by atoms with Gasteiger partial charge in [0.05, 0.1) is 35.4 Å². The van der Waals surface area contributed by atoms with Gasteiger partial charge in [0.2, 0.25) is 11.8 Å². The van der Waals surface area contributed by atoms with Crippen molar-refractivity contribution in [3.63, 3.8) is 0 Å². The molecule has 3 fully saturated rings. The zero-order valence-electron chi connectivity index (χ0n) is 28.3. The predicted octanol–water partition coefficient (Wildman–Crippen LogP) is 7.52. The molecule has 2 saturated heterocycles. The topological polar surface area (TPSA) is 107 Å². The maximum Gasteiger partial charge on any atom is 0.260 e. The molecule has 2 aliphatic carbocycles. The first kappa shape index (κ1) is 33.1. The number of rotatable bonds is 6. The number of carbonyl (C=O) groups is 4. The van der Waals surface area contributed by atoms with Gasteiger partial charge in [0.1, 0.15) is 11.6 Å². The van der Waals surface area contributed by atoms with Gasteiger partial charge in [0.25, 0.3) is 11.8 Å². The van der Waals surface area contributed by atoms with E-state index in [-0.39, 0.29) is 37.0 Å². The molecular weight excluding hydrogens is 693 g/mol. The smallest absolute Gasteiger partial charge is 0.260 e. The number of aromatic hydroxyl groups is 1. The number of halogens is 2. The average Bonchev–Trinajstić information content (AvgIpc) is 3.54. The summed E-state index contributed by atoms with van der Waals surface area (Å²) in [6, 6.07) is 32.6. The van der Waals surface area contributed by atoms with Crippen molar-refractivity contribution >= 4 is 51.7 Å². The van der Waals surface area contributed by atoms with Crippen LogP contribution in [0.4, 0.5) is 10.1 Å². The van der Waals surface area contributed by atoms with Gasteiger partial charge in [-0.25, -0.2) is 4.39 Å². The van der Waals surface area contributed by atoms with Crippen LogP contribution in [0.1, 0.15) is 35.4 Å². The summed E-state index contributed by atoms with van der Waals surface area (Å²) in [5.74, 6) is -6.08. The second-order valence-corrected chi connectivity index (χ2v) is 14.8. The highest BCUT2D eigenvalue weighted by Gasteiger charge is 2.70. The number of phenolic OH excluding ortho intramolecular Hbond substituents is 1. The van der Waals surface area contributed by atoms with Gasteiger partial charge in [-0.2, -0.15) is 5.01 Å². The summed E-state index contributed by atoms with van der Waals surface area (Å²) < 4.78 is 13.9. The standard InChI is InChI=1S/C43H33ClFN3O5/c44-27-13-11-26(12-14-27)43-35(40(51)48(42(43)53)46-29-17-15-28(45)16-18-29)22-34-31(37(43)33-19-10-25-8-4-5-9-30(25)38(33)49)20-21-32-36(34)41(52)47(39(32)50)23-24-6-2-1-3-7-24/h1-20,32,34-37,46,49H,21-23H2/t32-,34+,35-,36-,37+,43+/m0/s1. The highest BCUT2D eigenvalue weighted by molar-refractivity contribution is 6.30. The lowest BCUT2D eigenvalue weighted by molar-refractivity contribution is -0.142. The summed E-state index contributed by atoms with van der Waals surface area (Å²) >= 11 is 6.39. The number of likely N-dealkylation sites (tertiary alicyclic amines) is 1. The molecule has 1 saturated carbocycles. The zero-order chi connectivity index (χ0) is 36.6. The number of imide groups is 2. The van der Waals surface area contributed by atoms with Crippen molar-refractivity contribution in [3.05, 3.63) is 154 Å².